The Bertz CT molecular complexity index is 1710. The number of aryl methyl sites for hydroxylation is 2. The molecule has 0 spiro atoms. The summed E-state index contributed by atoms with van der Waals surface area (Å²) in [5, 5.41) is 6.66. The molecule has 6 nitrogen and oxygen atoms in total. The molecular weight excluding hydrogens is 588 g/mol. The molecule has 1 fully saturated rings. The zero-order valence-corrected chi connectivity index (χ0v) is 27.8. The van der Waals surface area contributed by atoms with E-state index in [-0.39, 0.29) is 17.5 Å². The topological polar surface area (TPSA) is 67.2 Å². The number of nitrogens with one attached hydrogen (secondary N) is 1. The van der Waals surface area contributed by atoms with Crippen LogP contribution in [0.2, 0.25) is 5.02 Å². The lowest BCUT2D eigenvalue weighted by molar-refractivity contribution is 0.0623. The van der Waals surface area contributed by atoms with Crippen molar-refractivity contribution in [3.05, 3.63) is 97.2 Å². The number of hydrogen-bond acceptors (Lipinski definition) is 5. The second-order valence-corrected chi connectivity index (χ2v) is 12.8. The molecular formula is C36H41ClN4O2S. The molecule has 8 heteroatoms. The van der Waals surface area contributed by atoms with Gasteiger partial charge in [-0.15, -0.1) is 11.3 Å². The predicted molar refractivity (Wildman–Crippen MR) is 184 cm³/mol. The first-order chi connectivity index (χ1) is 21.3. The summed E-state index contributed by atoms with van der Waals surface area (Å²) in [4.78, 5) is 36.3. The van der Waals surface area contributed by atoms with Gasteiger partial charge in [-0.05, 0) is 68.5 Å². The van der Waals surface area contributed by atoms with Gasteiger partial charge in [0.25, 0.3) is 11.5 Å². The molecule has 1 aliphatic heterocycles. The van der Waals surface area contributed by atoms with Crippen molar-refractivity contribution in [1.82, 2.24) is 19.8 Å². The smallest absolute Gasteiger partial charge is 0.265 e. The maximum absolute atomic E-state index is 14.8. The van der Waals surface area contributed by atoms with Crippen molar-refractivity contribution in [2.45, 2.75) is 66.3 Å². The molecule has 4 aromatic rings. The van der Waals surface area contributed by atoms with Crippen LogP contribution in [0.25, 0.3) is 33.6 Å². The van der Waals surface area contributed by atoms with Crippen LogP contribution < -0.4 is 10.9 Å². The highest BCUT2D eigenvalue weighted by Crippen LogP contribution is 2.32. The molecule has 0 saturated carbocycles. The van der Waals surface area contributed by atoms with Crippen LogP contribution in [-0.2, 0) is 12.8 Å². The summed E-state index contributed by atoms with van der Waals surface area (Å²) in [6, 6.07) is 15.6. The second kappa shape index (κ2) is 14.1. The molecule has 1 unspecified atom stereocenters. The fourth-order valence-electron chi connectivity index (χ4n) is 6.02. The van der Waals surface area contributed by atoms with E-state index >= 15 is 0 Å². The van der Waals surface area contributed by atoms with Crippen LogP contribution >= 0.6 is 22.9 Å². The minimum absolute atomic E-state index is 0.0473. The quantitative estimate of drug-likeness (QED) is 0.204. The first-order valence-electron chi connectivity index (χ1n) is 15.6. The van der Waals surface area contributed by atoms with Gasteiger partial charge in [0, 0.05) is 41.6 Å². The number of rotatable bonds is 9. The largest absolute Gasteiger partial charge is 0.333 e. The number of halogens is 1. The average Bonchev–Trinajstić information content (AvgIpc) is 3.51. The molecule has 1 N–H and O–H groups in total. The number of amides is 1. The SMILES string of the molecule is CCCC1CNCCN1C(=O)c1cc(-c2nc(-c3ccc(Cl)cc3)cs2)c(=O)n(-c2c(CC)cccc2CC)c1C=C(C)C. The number of carbonyl (C=O) groups excluding carboxylic acids is 1. The van der Waals surface area contributed by atoms with Crippen LogP contribution in [0.15, 0.2) is 64.3 Å². The van der Waals surface area contributed by atoms with Crippen molar-refractivity contribution in [2.24, 2.45) is 0 Å². The summed E-state index contributed by atoms with van der Waals surface area (Å²) >= 11 is 7.55. The summed E-state index contributed by atoms with van der Waals surface area (Å²) in [7, 11) is 0. The Morgan fingerprint density at radius 3 is 2.43 bits per heavy atom. The van der Waals surface area contributed by atoms with E-state index in [9.17, 15) is 9.59 Å². The van der Waals surface area contributed by atoms with Crippen molar-refractivity contribution >= 4 is 34.9 Å². The van der Waals surface area contributed by atoms with Gasteiger partial charge in [0.15, 0.2) is 0 Å². The number of carbonyl (C=O) groups is 1. The molecule has 1 atom stereocenters. The summed E-state index contributed by atoms with van der Waals surface area (Å²) in [6.45, 7) is 12.5. The number of benzene rings is 2. The third-order valence-corrected chi connectivity index (χ3v) is 9.32. The van der Waals surface area contributed by atoms with E-state index in [1.807, 2.05) is 54.5 Å². The molecule has 3 heterocycles. The van der Waals surface area contributed by atoms with Crippen LogP contribution in [0.1, 0.15) is 74.6 Å². The van der Waals surface area contributed by atoms with E-state index < -0.39 is 0 Å². The first kappa shape index (κ1) is 31.9. The second-order valence-electron chi connectivity index (χ2n) is 11.5. The van der Waals surface area contributed by atoms with E-state index in [0.29, 0.717) is 33.4 Å². The highest BCUT2D eigenvalue weighted by molar-refractivity contribution is 7.13. The maximum Gasteiger partial charge on any atom is 0.265 e. The predicted octanol–water partition coefficient (Wildman–Crippen LogP) is 8.04. The fourth-order valence-corrected chi connectivity index (χ4v) is 6.98. The molecule has 2 aromatic heterocycles. The number of pyridine rings is 1. The fraction of sp³-hybridized carbons (Fsp3) is 0.361. The maximum atomic E-state index is 14.8. The lowest BCUT2D eigenvalue weighted by Crippen LogP contribution is -2.53. The van der Waals surface area contributed by atoms with Gasteiger partial charge in [-0.1, -0.05) is 74.7 Å². The first-order valence-corrected chi connectivity index (χ1v) is 16.8. The monoisotopic (exact) mass is 628 g/mol. The van der Waals surface area contributed by atoms with E-state index in [1.54, 1.807) is 10.6 Å². The summed E-state index contributed by atoms with van der Waals surface area (Å²) < 4.78 is 1.80. The summed E-state index contributed by atoms with van der Waals surface area (Å²) in [5.41, 5.74) is 7.11. The third-order valence-electron chi connectivity index (χ3n) is 8.19. The molecule has 0 bridgehead atoms. The van der Waals surface area contributed by atoms with E-state index in [0.717, 1.165) is 72.4 Å². The Morgan fingerprint density at radius 1 is 1.09 bits per heavy atom. The van der Waals surface area contributed by atoms with Crippen molar-refractivity contribution in [2.75, 3.05) is 19.6 Å². The van der Waals surface area contributed by atoms with Crippen molar-refractivity contribution in [3.8, 4) is 27.5 Å². The van der Waals surface area contributed by atoms with Crippen molar-refractivity contribution in [3.63, 3.8) is 0 Å². The number of aromatic nitrogens is 2. The standard InChI is InChI=1S/C36H41ClN4O2S/c1-6-10-28-21-38-17-18-40(28)35(42)29-20-30(34-39-31(22-44-34)26-13-15-27(37)16-14-26)36(43)41(32(29)19-23(4)5)33-24(7-2)11-9-12-25(33)8-3/h9,11-16,19-20,22,28,38H,6-8,10,17-18,21H2,1-5H3. The Hall–Kier alpha value is -3.52. The Kier molecular flexibility index (Phi) is 10.2. The highest BCUT2D eigenvalue weighted by atomic mass is 35.5. The minimum Gasteiger partial charge on any atom is -0.333 e. The van der Waals surface area contributed by atoms with Gasteiger partial charge < -0.3 is 10.2 Å². The number of nitrogens with zero attached hydrogens (tertiary/aromatic N) is 3. The highest BCUT2D eigenvalue weighted by Gasteiger charge is 2.31. The van der Waals surface area contributed by atoms with E-state index in [2.05, 4.69) is 44.3 Å². The minimum atomic E-state index is -0.174. The molecule has 230 valence electrons. The van der Waals surface area contributed by atoms with Gasteiger partial charge in [0.2, 0.25) is 0 Å². The van der Waals surface area contributed by atoms with E-state index in [4.69, 9.17) is 16.6 Å². The van der Waals surface area contributed by atoms with Crippen LogP contribution in [0.5, 0.6) is 0 Å². The number of para-hydroxylation sites is 1. The van der Waals surface area contributed by atoms with Gasteiger partial charge in [0.05, 0.1) is 28.2 Å². The number of allylic oxidation sites excluding steroid dienone is 1. The molecule has 2 aromatic carbocycles. The normalized spacial score (nSPS) is 15.0. The molecule has 1 amide bonds. The average molecular weight is 629 g/mol. The Balaban J connectivity index is 1.82. The van der Waals surface area contributed by atoms with Crippen molar-refractivity contribution < 1.29 is 4.79 Å². The third kappa shape index (κ3) is 6.46. The molecule has 0 radical (unpaired) electrons. The summed E-state index contributed by atoms with van der Waals surface area (Å²) in [6.07, 6.45) is 5.40. The van der Waals surface area contributed by atoms with Gasteiger partial charge >= 0.3 is 0 Å². The molecule has 1 aliphatic rings. The lowest BCUT2D eigenvalue weighted by Gasteiger charge is -2.37. The van der Waals surface area contributed by atoms with Gasteiger partial charge in [-0.3, -0.25) is 14.2 Å². The van der Waals surface area contributed by atoms with Crippen LogP contribution in [0, 0.1) is 0 Å². The molecule has 44 heavy (non-hydrogen) atoms. The number of piperazine rings is 1. The van der Waals surface area contributed by atoms with E-state index in [1.165, 1.54) is 11.3 Å². The lowest BCUT2D eigenvalue weighted by atomic mass is 9.99. The molecule has 5 rings (SSSR count). The van der Waals surface area contributed by atoms with Gasteiger partial charge in [-0.25, -0.2) is 4.98 Å². The van der Waals surface area contributed by atoms with Crippen LogP contribution in [0.3, 0.4) is 0 Å². The molecule has 0 aliphatic carbocycles. The zero-order valence-electron chi connectivity index (χ0n) is 26.2. The number of hydrogen-bond donors (Lipinski definition) is 1. The van der Waals surface area contributed by atoms with Crippen molar-refractivity contribution in [1.29, 1.82) is 0 Å². The summed E-state index contributed by atoms with van der Waals surface area (Å²) in [5.74, 6) is -0.0473. The van der Waals surface area contributed by atoms with Crippen LogP contribution in [0.4, 0.5) is 0 Å². The van der Waals surface area contributed by atoms with Gasteiger partial charge in [-0.2, -0.15) is 0 Å². The van der Waals surface area contributed by atoms with Crippen LogP contribution in [-0.4, -0.2) is 46.0 Å². The Morgan fingerprint density at radius 2 is 1.80 bits per heavy atom. The molecule has 1 saturated heterocycles. The van der Waals surface area contributed by atoms with Gasteiger partial charge in [0.1, 0.15) is 5.01 Å². The Labute approximate surface area is 269 Å². The zero-order chi connectivity index (χ0) is 31.4. The number of thiazole rings is 1.